The molecule has 1 aromatic carbocycles. The predicted molar refractivity (Wildman–Crippen MR) is 73.1 cm³/mol. The number of aryl methyl sites for hydroxylation is 1. The van der Waals surface area contributed by atoms with Gasteiger partial charge in [0.1, 0.15) is 0 Å². The van der Waals surface area contributed by atoms with Crippen molar-refractivity contribution in [3.8, 4) is 0 Å². The molecule has 0 atom stereocenters. The van der Waals surface area contributed by atoms with Gasteiger partial charge in [0, 0.05) is 30.4 Å². The summed E-state index contributed by atoms with van der Waals surface area (Å²) in [5.74, 6) is 0.826. The summed E-state index contributed by atoms with van der Waals surface area (Å²) in [6, 6.07) is 5.44. The average molecular weight is 248 g/mol. The second kappa shape index (κ2) is 5.38. The van der Waals surface area contributed by atoms with E-state index in [-0.39, 0.29) is 10.6 Å². The summed E-state index contributed by atoms with van der Waals surface area (Å²) in [7, 11) is 0. The molecule has 1 saturated carbocycles. The summed E-state index contributed by atoms with van der Waals surface area (Å²) in [5, 5.41) is 10.8. The van der Waals surface area contributed by atoms with Crippen molar-refractivity contribution in [3.05, 3.63) is 33.9 Å². The Hall–Kier alpha value is -1.58. The molecule has 1 aliphatic rings. The smallest absolute Gasteiger partial charge is 0.272 e. The van der Waals surface area contributed by atoms with Gasteiger partial charge in [-0.3, -0.25) is 10.1 Å². The number of benzene rings is 1. The first-order chi connectivity index (χ1) is 8.61. The zero-order chi connectivity index (χ0) is 13.1. The lowest BCUT2D eigenvalue weighted by molar-refractivity contribution is -0.385. The second-order valence-corrected chi connectivity index (χ2v) is 5.12. The number of anilines is 1. The van der Waals surface area contributed by atoms with Gasteiger partial charge >= 0.3 is 0 Å². The first kappa shape index (κ1) is 12.9. The molecule has 0 N–H and O–H groups in total. The molecule has 1 fully saturated rings. The molecule has 1 aromatic rings. The van der Waals surface area contributed by atoms with Crippen LogP contribution < -0.4 is 4.90 Å². The third-order valence-electron chi connectivity index (χ3n) is 3.41. The first-order valence-electron chi connectivity index (χ1n) is 6.61. The van der Waals surface area contributed by atoms with Crippen molar-refractivity contribution in [2.75, 3.05) is 18.0 Å². The Kier molecular flexibility index (Phi) is 3.84. The highest BCUT2D eigenvalue weighted by molar-refractivity contribution is 5.55. The summed E-state index contributed by atoms with van der Waals surface area (Å²) in [6.07, 6.45) is 3.75. The maximum atomic E-state index is 10.8. The Labute approximate surface area is 108 Å². The van der Waals surface area contributed by atoms with Crippen LogP contribution in [-0.4, -0.2) is 18.0 Å². The van der Waals surface area contributed by atoms with Gasteiger partial charge in [0.05, 0.1) is 4.92 Å². The van der Waals surface area contributed by atoms with Crippen molar-refractivity contribution in [2.45, 2.75) is 33.1 Å². The molecule has 0 aromatic heterocycles. The quantitative estimate of drug-likeness (QED) is 0.571. The SMILES string of the molecule is CCCN(CC1CC1)c1ccc([N+](=O)[O-])c(C)c1. The predicted octanol–water partition coefficient (Wildman–Crippen LogP) is 3.53. The topological polar surface area (TPSA) is 46.4 Å². The van der Waals surface area contributed by atoms with Crippen LogP contribution in [0.3, 0.4) is 0 Å². The maximum Gasteiger partial charge on any atom is 0.272 e. The highest BCUT2D eigenvalue weighted by Crippen LogP contribution is 2.32. The standard InChI is InChI=1S/C14H20N2O2/c1-3-8-15(10-12-4-5-12)13-6-7-14(16(17)18)11(2)9-13/h6-7,9,12H,3-5,8,10H2,1-2H3. The molecule has 1 aliphatic carbocycles. The fraction of sp³-hybridized carbons (Fsp3) is 0.571. The highest BCUT2D eigenvalue weighted by atomic mass is 16.6. The molecule has 0 heterocycles. The van der Waals surface area contributed by atoms with Gasteiger partial charge in [-0.1, -0.05) is 6.92 Å². The Morgan fingerprint density at radius 2 is 2.17 bits per heavy atom. The van der Waals surface area contributed by atoms with Gasteiger partial charge in [0.25, 0.3) is 5.69 Å². The van der Waals surface area contributed by atoms with Gasteiger partial charge in [0.2, 0.25) is 0 Å². The van der Waals surface area contributed by atoms with Gasteiger partial charge in [-0.25, -0.2) is 0 Å². The lowest BCUT2D eigenvalue weighted by Crippen LogP contribution is -2.26. The summed E-state index contributed by atoms with van der Waals surface area (Å²) in [5.41, 5.74) is 2.07. The molecule has 2 rings (SSSR count). The second-order valence-electron chi connectivity index (χ2n) is 5.12. The van der Waals surface area contributed by atoms with E-state index >= 15 is 0 Å². The number of nitrogens with zero attached hydrogens (tertiary/aromatic N) is 2. The summed E-state index contributed by atoms with van der Waals surface area (Å²) >= 11 is 0. The van der Waals surface area contributed by atoms with E-state index in [1.54, 1.807) is 6.07 Å². The summed E-state index contributed by atoms with van der Waals surface area (Å²) in [4.78, 5) is 12.8. The van der Waals surface area contributed by atoms with Crippen molar-refractivity contribution >= 4 is 11.4 Å². The van der Waals surface area contributed by atoms with Crippen LogP contribution in [0, 0.1) is 23.0 Å². The van der Waals surface area contributed by atoms with Gasteiger partial charge in [-0.15, -0.1) is 0 Å². The number of rotatable bonds is 6. The minimum absolute atomic E-state index is 0.210. The van der Waals surface area contributed by atoms with Crippen molar-refractivity contribution in [1.29, 1.82) is 0 Å². The molecule has 0 saturated heterocycles. The van der Waals surface area contributed by atoms with Crippen LogP contribution in [0.4, 0.5) is 11.4 Å². The maximum absolute atomic E-state index is 10.8. The molecular weight excluding hydrogens is 228 g/mol. The summed E-state index contributed by atoms with van der Waals surface area (Å²) < 4.78 is 0. The van der Waals surface area contributed by atoms with Crippen LogP contribution in [0.2, 0.25) is 0 Å². The summed E-state index contributed by atoms with van der Waals surface area (Å²) in [6.45, 7) is 6.08. The molecule has 0 bridgehead atoms. The van der Waals surface area contributed by atoms with E-state index in [4.69, 9.17) is 0 Å². The van der Waals surface area contributed by atoms with Crippen molar-refractivity contribution < 1.29 is 4.92 Å². The van der Waals surface area contributed by atoms with E-state index in [0.717, 1.165) is 36.7 Å². The zero-order valence-corrected chi connectivity index (χ0v) is 11.1. The van der Waals surface area contributed by atoms with E-state index in [0.29, 0.717) is 0 Å². The van der Waals surface area contributed by atoms with Crippen LogP contribution in [0.5, 0.6) is 0 Å². The fourth-order valence-electron chi connectivity index (χ4n) is 2.25. The molecule has 18 heavy (non-hydrogen) atoms. The van der Waals surface area contributed by atoms with Crippen LogP contribution in [0.1, 0.15) is 31.7 Å². The van der Waals surface area contributed by atoms with Gasteiger partial charge < -0.3 is 4.90 Å². The van der Waals surface area contributed by atoms with E-state index in [9.17, 15) is 10.1 Å². The molecule has 98 valence electrons. The Bertz CT molecular complexity index is 441. The molecule has 4 nitrogen and oxygen atoms in total. The largest absolute Gasteiger partial charge is 0.371 e. The van der Waals surface area contributed by atoms with E-state index < -0.39 is 0 Å². The van der Waals surface area contributed by atoms with Crippen LogP contribution >= 0.6 is 0 Å². The number of hydrogen-bond acceptors (Lipinski definition) is 3. The molecule has 0 spiro atoms. The van der Waals surface area contributed by atoms with Crippen LogP contribution in [-0.2, 0) is 0 Å². The normalized spacial score (nSPS) is 14.6. The average Bonchev–Trinajstić information content (AvgIpc) is 3.11. The number of nitro groups is 1. The third-order valence-corrected chi connectivity index (χ3v) is 3.41. The van der Waals surface area contributed by atoms with E-state index in [1.807, 2.05) is 19.1 Å². The molecule has 0 amide bonds. The highest BCUT2D eigenvalue weighted by Gasteiger charge is 2.24. The van der Waals surface area contributed by atoms with Gasteiger partial charge in [0.15, 0.2) is 0 Å². The van der Waals surface area contributed by atoms with E-state index in [2.05, 4.69) is 11.8 Å². The molecule has 4 heteroatoms. The van der Waals surface area contributed by atoms with E-state index in [1.165, 1.54) is 12.8 Å². The third kappa shape index (κ3) is 3.00. The van der Waals surface area contributed by atoms with Crippen molar-refractivity contribution in [3.63, 3.8) is 0 Å². The zero-order valence-electron chi connectivity index (χ0n) is 11.1. The fourth-order valence-corrected chi connectivity index (χ4v) is 2.25. The van der Waals surface area contributed by atoms with Gasteiger partial charge in [-0.05, 0) is 44.2 Å². The van der Waals surface area contributed by atoms with Crippen molar-refractivity contribution in [2.24, 2.45) is 5.92 Å². The lowest BCUT2D eigenvalue weighted by Gasteiger charge is -2.24. The monoisotopic (exact) mass is 248 g/mol. The number of nitro benzene ring substituents is 1. The Morgan fingerprint density at radius 3 is 2.67 bits per heavy atom. The Balaban J connectivity index is 2.18. The lowest BCUT2D eigenvalue weighted by atomic mass is 10.1. The van der Waals surface area contributed by atoms with Crippen LogP contribution in [0.25, 0.3) is 0 Å². The van der Waals surface area contributed by atoms with Gasteiger partial charge in [-0.2, -0.15) is 0 Å². The molecule has 0 aliphatic heterocycles. The minimum Gasteiger partial charge on any atom is -0.371 e. The van der Waals surface area contributed by atoms with Crippen LogP contribution in [0.15, 0.2) is 18.2 Å². The molecular formula is C14H20N2O2. The Morgan fingerprint density at radius 1 is 1.44 bits per heavy atom. The minimum atomic E-state index is -0.315. The first-order valence-corrected chi connectivity index (χ1v) is 6.61. The van der Waals surface area contributed by atoms with Crippen molar-refractivity contribution in [1.82, 2.24) is 0 Å². The molecule has 0 radical (unpaired) electrons. The molecule has 0 unspecified atom stereocenters. The number of hydrogen-bond donors (Lipinski definition) is 0.